The number of aryl methyl sites for hydroxylation is 1. The second-order valence-corrected chi connectivity index (χ2v) is 7.70. The summed E-state index contributed by atoms with van der Waals surface area (Å²) < 4.78 is 16.4. The first kappa shape index (κ1) is 19.8. The summed E-state index contributed by atoms with van der Waals surface area (Å²) in [6.45, 7) is 3.40. The van der Waals surface area contributed by atoms with Crippen LogP contribution < -0.4 is 0 Å². The highest BCUT2D eigenvalue weighted by Crippen LogP contribution is 2.19. The predicted molar refractivity (Wildman–Crippen MR) is 108 cm³/mol. The van der Waals surface area contributed by atoms with Crippen molar-refractivity contribution < 1.29 is 18.8 Å². The zero-order chi connectivity index (χ0) is 19.9. The Balaban J connectivity index is 1.18. The van der Waals surface area contributed by atoms with E-state index >= 15 is 0 Å². The Hall–Kier alpha value is -2.55. The maximum Gasteiger partial charge on any atom is 0.306 e. The van der Waals surface area contributed by atoms with Gasteiger partial charge in [0, 0.05) is 37.0 Å². The second-order valence-electron chi connectivity index (χ2n) is 6.92. The number of carbonyl (C=O) groups is 1. The van der Waals surface area contributed by atoms with Crippen LogP contribution in [-0.4, -0.2) is 53.4 Å². The molecule has 1 saturated heterocycles. The van der Waals surface area contributed by atoms with Gasteiger partial charge in [-0.1, -0.05) is 35.5 Å². The normalized spacial score (nSPS) is 17.3. The van der Waals surface area contributed by atoms with Crippen LogP contribution in [0.2, 0.25) is 0 Å². The number of aromatic nitrogens is 2. The van der Waals surface area contributed by atoms with E-state index in [9.17, 15) is 4.79 Å². The molecular formula is C21H23N3O4S. The molecule has 152 valence electrons. The molecule has 8 heteroatoms. The number of esters is 1. The molecule has 3 heterocycles. The molecule has 3 aromatic rings. The average molecular weight is 413 g/mol. The van der Waals surface area contributed by atoms with Crippen molar-refractivity contribution in [1.82, 2.24) is 15.0 Å². The van der Waals surface area contributed by atoms with Gasteiger partial charge >= 0.3 is 5.97 Å². The van der Waals surface area contributed by atoms with E-state index in [2.05, 4.69) is 27.2 Å². The quantitative estimate of drug-likeness (QED) is 0.525. The van der Waals surface area contributed by atoms with Gasteiger partial charge in [0.05, 0.1) is 13.0 Å². The van der Waals surface area contributed by atoms with Gasteiger partial charge in [0.1, 0.15) is 12.7 Å². The lowest BCUT2D eigenvalue weighted by Gasteiger charge is -2.32. The predicted octanol–water partition coefficient (Wildman–Crippen LogP) is 3.17. The third kappa shape index (κ3) is 5.72. The van der Waals surface area contributed by atoms with E-state index in [1.165, 1.54) is 5.56 Å². The summed E-state index contributed by atoms with van der Waals surface area (Å²) in [5.41, 5.74) is 2.19. The second kappa shape index (κ2) is 9.78. The Kier molecular flexibility index (Phi) is 6.66. The maximum absolute atomic E-state index is 12.1. The number of rotatable bonds is 8. The van der Waals surface area contributed by atoms with E-state index in [1.54, 1.807) is 11.3 Å². The van der Waals surface area contributed by atoms with Crippen LogP contribution in [0.1, 0.15) is 17.9 Å². The molecule has 0 aliphatic carbocycles. The average Bonchev–Trinajstić information content (AvgIpc) is 3.43. The van der Waals surface area contributed by atoms with Crippen molar-refractivity contribution in [1.29, 1.82) is 0 Å². The highest BCUT2D eigenvalue weighted by atomic mass is 32.1. The number of benzene rings is 1. The van der Waals surface area contributed by atoms with Gasteiger partial charge in [0.15, 0.2) is 0 Å². The zero-order valence-electron chi connectivity index (χ0n) is 16.0. The standard InChI is InChI=1S/C21H23N3O4S/c25-20(7-6-19-22-21(23-28-19)17-8-11-29-15-17)27-14-18-13-24(9-10-26-18)12-16-4-2-1-3-5-16/h1-5,8,11,15,18H,6-7,9-10,12-14H2. The van der Waals surface area contributed by atoms with Gasteiger partial charge in [0.2, 0.25) is 11.7 Å². The van der Waals surface area contributed by atoms with Crippen molar-refractivity contribution in [3.05, 3.63) is 58.6 Å². The number of morpholine rings is 1. The molecule has 0 bridgehead atoms. The zero-order valence-corrected chi connectivity index (χ0v) is 16.8. The lowest BCUT2D eigenvalue weighted by Crippen LogP contribution is -2.44. The van der Waals surface area contributed by atoms with Crippen molar-refractivity contribution in [2.75, 3.05) is 26.3 Å². The molecular weight excluding hydrogens is 390 g/mol. The summed E-state index contributed by atoms with van der Waals surface area (Å²) in [5, 5.41) is 7.85. The maximum atomic E-state index is 12.1. The summed E-state index contributed by atoms with van der Waals surface area (Å²) in [6.07, 6.45) is 0.456. The number of hydrogen-bond donors (Lipinski definition) is 0. The van der Waals surface area contributed by atoms with E-state index in [-0.39, 0.29) is 25.1 Å². The Morgan fingerprint density at radius 2 is 2.17 bits per heavy atom. The Morgan fingerprint density at radius 3 is 3.00 bits per heavy atom. The molecule has 0 saturated carbocycles. The van der Waals surface area contributed by atoms with Crippen LogP contribution in [-0.2, 0) is 27.2 Å². The Bertz CT molecular complexity index is 898. The first-order valence-electron chi connectivity index (χ1n) is 9.65. The van der Waals surface area contributed by atoms with Crippen LogP contribution in [0.3, 0.4) is 0 Å². The molecule has 1 aliphatic rings. The molecule has 1 unspecified atom stereocenters. The molecule has 1 fully saturated rings. The number of hydrogen-bond acceptors (Lipinski definition) is 8. The molecule has 0 radical (unpaired) electrons. The molecule has 7 nitrogen and oxygen atoms in total. The topological polar surface area (TPSA) is 77.7 Å². The van der Waals surface area contributed by atoms with Crippen molar-refractivity contribution in [3.8, 4) is 11.4 Å². The van der Waals surface area contributed by atoms with Crippen molar-refractivity contribution in [2.24, 2.45) is 0 Å². The SMILES string of the molecule is O=C(CCc1nc(-c2ccsc2)no1)OCC1CN(Cc2ccccc2)CCO1. The molecule has 2 aromatic heterocycles. The van der Waals surface area contributed by atoms with E-state index in [4.69, 9.17) is 14.0 Å². The van der Waals surface area contributed by atoms with Gasteiger partial charge in [-0.15, -0.1) is 0 Å². The minimum absolute atomic E-state index is 0.106. The van der Waals surface area contributed by atoms with Crippen molar-refractivity contribution in [2.45, 2.75) is 25.5 Å². The number of carbonyl (C=O) groups excluding carboxylic acids is 1. The number of nitrogens with zero attached hydrogens (tertiary/aromatic N) is 3. The summed E-state index contributed by atoms with van der Waals surface area (Å²) >= 11 is 1.57. The summed E-state index contributed by atoms with van der Waals surface area (Å²) in [7, 11) is 0. The molecule has 29 heavy (non-hydrogen) atoms. The van der Waals surface area contributed by atoms with Crippen molar-refractivity contribution in [3.63, 3.8) is 0 Å². The lowest BCUT2D eigenvalue weighted by atomic mass is 10.2. The van der Waals surface area contributed by atoms with Gasteiger partial charge in [-0.3, -0.25) is 9.69 Å². The van der Waals surface area contributed by atoms with Gasteiger partial charge in [-0.2, -0.15) is 16.3 Å². The van der Waals surface area contributed by atoms with E-state index in [0.717, 1.165) is 25.2 Å². The fourth-order valence-corrected chi connectivity index (χ4v) is 3.83. The summed E-state index contributed by atoms with van der Waals surface area (Å²) in [4.78, 5) is 18.7. The van der Waals surface area contributed by atoms with Crippen LogP contribution in [0.5, 0.6) is 0 Å². The molecule has 0 N–H and O–H groups in total. The van der Waals surface area contributed by atoms with Crippen molar-refractivity contribution >= 4 is 17.3 Å². The van der Waals surface area contributed by atoms with Gasteiger partial charge in [-0.05, 0) is 17.0 Å². The highest BCUT2D eigenvalue weighted by molar-refractivity contribution is 7.08. The Labute approximate surface area is 173 Å². The summed E-state index contributed by atoms with van der Waals surface area (Å²) in [6, 6.07) is 12.3. The number of thiophene rings is 1. The first-order chi connectivity index (χ1) is 14.3. The summed E-state index contributed by atoms with van der Waals surface area (Å²) in [5.74, 6) is 0.693. The monoisotopic (exact) mass is 413 g/mol. The minimum Gasteiger partial charge on any atom is -0.463 e. The van der Waals surface area contributed by atoms with Gasteiger partial charge in [-0.25, -0.2) is 0 Å². The van der Waals surface area contributed by atoms with Crippen LogP contribution in [0, 0.1) is 0 Å². The lowest BCUT2D eigenvalue weighted by molar-refractivity contribution is -0.150. The molecule has 1 atom stereocenters. The third-order valence-electron chi connectivity index (χ3n) is 4.69. The highest BCUT2D eigenvalue weighted by Gasteiger charge is 2.22. The van der Waals surface area contributed by atoms with Crippen LogP contribution in [0.25, 0.3) is 11.4 Å². The third-order valence-corrected chi connectivity index (χ3v) is 5.38. The number of ether oxygens (including phenoxy) is 2. The molecule has 0 amide bonds. The molecule has 1 aliphatic heterocycles. The fourth-order valence-electron chi connectivity index (χ4n) is 3.20. The minimum atomic E-state index is -0.288. The molecule has 1 aromatic carbocycles. The van der Waals surface area contributed by atoms with Crippen LogP contribution >= 0.6 is 11.3 Å². The smallest absolute Gasteiger partial charge is 0.306 e. The largest absolute Gasteiger partial charge is 0.463 e. The first-order valence-corrected chi connectivity index (χ1v) is 10.6. The molecule has 0 spiro atoms. The van der Waals surface area contributed by atoms with E-state index in [1.807, 2.05) is 35.0 Å². The van der Waals surface area contributed by atoms with Crippen LogP contribution in [0.15, 0.2) is 51.7 Å². The Morgan fingerprint density at radius 1 is 1.28 bits per heavy atom. The van der Waals surface area contributed by atoms with Gasteiger partial charge < -0.3 is 14.0 Å². The van der Waals surface area contributed by atoms with E-state index < -0.39 is 0 Å². The molecule has 4 rings (SSSR count). The fraction of sp³-hybridized carbons (Fsp3) is 0.381. The van der Waals surface area contributed by atoms with E-state index in [0.29, 0.717) is 24.7 Å². The van der Waals surface area contributed by atoms with Gasteiger partial charge in [0.25, 0.3) is 0 Å². The van der Waals surface area contributed by atoms with Crippen LogP contribution in [0.4, 0.5) is 0 Å².